The van der Waals surface area contributed by atoms with Gasteiger partial charge in [0.1, 0.15) is 0 Å². The quantitative estimate of drug-likeness (QED) is 0.824. The van der Waals surface area contributed by atoms with Gasteiger partial charge in [-0.15, -0.1) is 0 Å². The zero-order valence-electron chi connectivity index (χ0n) is 13.8. The van der Waals surface area contributed by atoms with Gasteiger partial charge >= 0.3 is 0 Å². The van der Waals surface area contributed by atoms with E-state index in [9.17, 15) is 13.2 Å². The summed E-state index contributed by atoms with van der Waals surface area (Å²) in [6.07, 6.45) is 1.14. The Morgan fingerprint density at radius 3 is 2.08 bits per heavy atom. The summed E-state index contributed by atoms with van der Waals surface area (Å²) in [5.74, 6) is -0.0459. The molecule has 0 fully saturated rings. The fourth-order valence-electron chi connectivity index (χ4n) is 2.25. The first-order valence-electron chi connectivity index (χ1n) is 7.27. The summed E-state index contributed by atoms with van der Waals surface area (Å²) < 4.78 is 28.0. The van der Waals surface area contributed by atoms with Crippen LogP contribution in [-0.4, -0.2) is 27.7 Å². The first kappa shape index (κ1) is 19.6. The van der Waals surface area contributed by atoms with Gasteiger partial charge in [0.15, 0.2) is 15.6 Å². The molecular weight excluding hydrogens is 385 g/mol. The van der Waals surface area contributed by atoms with Crippen LogP contribution in [0.5, 0.6) is 5.75 Å². The highest BCUT2D eigenvalue weighted by Crippen LogP contribution is 2.34. The minimum Gasteiger partial charge on any atom is -0.494 e. The number of benzene rings is 2. The molecule has 0 radical (unpaired) electrons. The second kappa shape index (κ2) is 7.64. The summed E-state index contributed by atoms with van der Waals surface area (Å²) in [7, 11) is -1.82. The van der Waals surface area contributed by atoms with Gasteiger partial charge in [0.05, 0.1) is 28.1 Å². The molecule has 134 valence electrons. The fourth-order valence-corrected chi connectivity index (χ4v) is 3.52. The minimum absolute atomic E-state index is 0.225. The Kier molecular flexibility index (Phi) is 5.98. The molecule has 2 rings (SSSR count). The molecule has 2 aromatic rings. The highest BCUT2D eigenvalue weighted by molar-refractivity contribution is 7.90. The maximum atomic E-state index is 12.4. The van der Waals surface area contributed by atoms with Gasteiger partial charge in [-0.1, -0.05) is 35.3 Å². The van der Waals surface area contributed by atoms with Crippen LogP contribution in [0.2, 0.25) is 10.0 Å². The largest absolute Gasteiger partial charge is 0.494 e. The van der Waals surface area contributed by atoms with E-state index in [0.717, 1.165) is 11.8 Å². The van der Waals surface area contributed by atoms with Gasteiger partial charge in [0, 0.05) is 11.8 Å². The van der Waals surface area contributed by atoms with Crippen LogP contribution in [0.15, 0.2) is 41.3 Å². The second-order valence-corrected chi connectivity index (χ2v) is 8.34. The number of nitrogens with one attached hydrogen (secondary N) is 1. The molecule has 0 bridgehead atoms. The zero-order chi connectivity index (χ0) is 18.8. The number of rotatable bonds is 5. The summed E-state index contributed by atoms with van der Waals surface area (Å²) in [6, 6.07) is 8.95. The van der Waals surface area contributed by atoms with Gasteiger partial charge in [0.25, 0.3) is 5.91 Å². The lowest BCUT2D eigenvalue weighted by Gasteiger charge is -2.16. The molecule has 5 nitrogen and oxygen atoms in total. The van der Waals surface area contributed by atoms with E-state index >= 15 is 0 Å². The normalized spacial score (nSPS) is 12.5. The van der Waals surface area contributed by atoms with Gasteiger partial charge < -0.3 is 10.1 Å². The average Bonchev–Trinajstić information content (AvgIpc) is 2.53. The van der Waals surface area contributed by atoms with E-state index in [4.69, 9.17) is 27.9 Å². The molecule has 25 heavy (non-hydrogen) atoms. The van der Waals surface area contributed by atoms with Crippen molar-refractivity contribution >= 4 is 38.9 Å². The molecule has 0 aliphatic rings. The van der Waals surface area contributed by atoms with Gasteiger partial charge in [-0.25, -0.2) is 8.42 Å². The third-order valence-corrected chi connectivity index (χ3v) is 5.31. The standard InChI is InChI=1S/C17H17Cl2NO4S/c1-10(11-4-6-13(7-5-11)25(3,22)23)20-17(21)12-8-14(18)16(24-2)15(19)9-12/h4-10H,1-3H3,(H,20,21). The summed E-state index contributed by atoms with van der Waals surface area (Å²) >= 11 is 12.1. The highest BCUT2D eigenvalue weighted by atomic mass is 35.5. The molecule has 0 saturated heterocycles. The van der Waals surface area contributed by atoms with Crippen LogP contribution in [0.4, 0.5) is 0 Å². The maximum Gasteiger partial charge on any atom is 0.251 e. The Morgan fingerprint density at radius 1 is 1.12 bits per heavy atom. The van der Waals surface area contributed by atoms with Crippen LogP contribution in [0, 0.1) is 0 Å². The Bertz CT molecular complexity index is 872. The van der Waals surface area contributed by atoms with Crippen LogP contribution in [-0.2, 0) is 9.84 Å². The van der Waals surface area contributed by atoms with E-state index in [-0.39, 0.29) is 26.9 Å². The minimum atomic E-state index is -3.26. The molecule has 0 saturated carbocycles. The first-order chi connectivity index (χ1) is 11.6. The topological polar surface area (TPSA) is 72.5 Å². The molecule has 8 heteroatoms. The van der Waals surface area contributed by atoms with Crippen LogP contribution in [0.25, 0.3) is 0 Å². The van der Waals surface area contributed by atoms with Gasteiger partial charge in [-0.05, 0) is 36.8 Å². The van der Waals surface area contributed by atoms with Crippen molar-refractivity contribution in [1.29, 1.82) is 0 Å². The molecule has 0 aliphatic heterocycles. The molecule has 1 amide bonds. The number of carbonyl (C=O) groups is 1. The number of halogens is 2. The molecule has 0 aliphatic carbocycles. The number of ether oxygens (including phenoxy) is 1. The van der Waals surface area contributed by atoms with Crippen LogP contribution < -0.4 is 10.1 Å². The summed E-state index contributed by atoms with van der Waals surface area (Å²) in [6.45, 7) is 1.79. The lowest BCUT2D eigenvalue weighted by Crippen LogP contribution is -2.26. The van der Waals surface area contributed by atoms with Crippen molar-refractivity contribution in [2.75, 3.05) is 13.4 Å². The second-order valence-electron chi connectivity index (χ2n) is 5.51. The summed E-state index contributed by atoms with van der Waals surface area (Å²) in [4.78, 5) is 12.6. The smallest absolute Gasteiger partial charge is 0.251 e. The predicted octanol–water partition coefficient (Wildman–Crippen LogP) is 3.90. The molecule has 1 unspecified atom stereocenters. The number of amides is 1. The average molecular weight is 402 g/mol. The molecular formula is C17H17Cl2NO4S. The van der Waals surface area contributed by atoms with Crippen molar-refractivity contribution in [3.05, 3.63) is 57.6 Å². The van der Waals surface area contributed by atoms with E-state index in [0.29, 0.717) is 11.3 Å². The number of methoxy groups -OCH3 is 1. The fraction of sp³-hybridized carbons (Fsp3) is 0.235. The van der Waals surface area contributed by atoms with E-state index in [1.165, 1.54) is 31.4 Å². The van der Waals surface area contributed by atoms with Gasteiger partial charge in [0.2, 0.25) is 0 Å². The zero-order valence-corrected chi connectivity index (χ0v) is 16.2. The Hall–Kier alpha value is -1.76. The molecule has 1 atom stereocenters. The van der Waals surface area contributed by atoms with Crippen molar-refractivity contribution in [2.24, 2.45) is 0 Å². The Morgan fingerprint density at radius 2 is 1.64 bits per heavy atom. The first-order valence-corrected chi connectivity index (χ1v) is 9.92. The number of hydrogen-bond acceptors (Lipinski definition) is 4. The maximum absolute atomic E-state index is 12.4. The SMILES string of the molecule is COc1c(Cl)cc(C(=O)NC(C)c2ccc(S(C)(=O)=O)cc2)cc1Cl. The van der Waals surface area contributed by atoms with Crippen molar-refractivity contribution in [2.45, 2.75) is 17.9 Å². The number of sulfone groups is 1. The van der Waals surface area contributed by atoms with Crippen molar-refractivity contribution < 1.29 is 17.9 Å². The van der Waals surface area contributed by atoms with Crippen molar-refractivity contribution in [1.82, 2.24) is 5.32 Å². The van der Waals surface area contributed by atoms with Gasteiger partial charge in [-0.2, -0.15) is 0 Å². The monoisotopic (exact) mass is 401 g/mol. The number of carbonyl (C=O) groups excluding carboxylic acids is 1. The van der Waals surface area contributed by atoms with E-state index in [1.54, 1.807) is 19.1 Å². The third kappa shape index (κ3) is 4.66. The lowest BCUT2D eigenvalue weighted by molar-refractivity contribution is 0.0940. The molecule has 0 heterocycles. The molecule has 0 aromatic heterocycles. The summed E-state index contributed by atoms with van der Waals surface area (Å²) in [5.41, 5.74) is 1.07. The Balaban J connectivity index is 2.17. The summed E-state index contributed by atoms with van der Waals surface area (Å²) in [5, 5.41) is 3.30. The molecule has 1 N–H and O–H groups in total. The van der Waals surface area contributed by atoms with Crippen molar-refractivity contribution in [3.63, 3.8) is 0 Å². The van der Waals surface area contributed by atoms with E-state index < -0.39 is 9.84 Å². The predicted molar refractivity (Wildman–Crippen MR) is 98.4 cm³/mol. The Labute approximate surface area is 156 Å². The van der Waals surface area contributed by atoms with Crippen molar-refractivity contribution in [3.8, 4) is 5.75 Å². The van der Waals surface area contributed by atoms with Crippen LogP contribution in [0.1, 0.15) is 28.9 Å². The van der Waals surface area contributed by atoms with E-state index in [1.807, 2.05) is 0 Å². The third-order valence-electron chi connectivity index (χ3n) is 3.62. The molecule has 2 aromatic carbocycles. The lowest BCUT2D eigenvalue weighted by atomic mass is 10.1. The van der Waals surface area contributed by atoms with Crippen LogP contribution >= 0.6 is 23.2 Å². The highest BCUT2D eigenvalue weighted by Gasteiger charge is 2.16. The number of hydrogen-bond donors (Lipinski definition) is 1. The van der Waals surface area contributed by atoms with E-state index in [2.05, 4.69) is 5.32 Å². The van der Waals surface area contributed by atoms with Crippen LogP contribution in [0.3, 0.4) is 0 Å². The molecule has 0 spiro atoms. The van der Waals surface area contributed by atoms with Gasteiger partial charge in [-0.3, -0.25) is 4.79 Å².